The number of anilines is 3. The van der Waals surface area contributed by atoms with Gasteiger partial charge in [-0.25, -0.2) is 0 Å². The van der Waals surface area contributed by atoms with Crippen LogP contribution in [-0.4, -0.2) is 0 Å². The monoisotopic (exact) mass is 629 g/mol. The van der Waals surface area contributed by atoms with E-state index in [1.807, 2.05) is 11.3 Å². The first-order valence-electron chi connectivity index (χ1n) is 16.4. The molecule has 0 saturated carbocycles. The van der Waals surface area contributed by atoms with E-state index in [-0.39, 0.29) is 0 Å². The Morgan fingerprint density at radius 1 is 0.479 bits per heavy atom. The summed E-state index contributed by atoms with van der Waals surface area (Å²) in [6.07, 6.45) is 0. The summed E-state index contributed by atoms with van der Waals surface area (Å²) in [5.74, 6) is 0.987. The highest BCUT2D eigenvalue weighted by Gasteiger charge is 2.54. The van der Waals surface area contributed by atoms with Crippen LogP contribution in [0.25, 0.3) is 53.6 Å². The van der Waals surface area contributed by atoms with Gasteiger partial charge in [-0.3, -0.25) is 0 Å². The van der Waals surface area contributed by atoms with E-state index in [1.165, 1.54) is 70.2 Å². The molecule has 9 aromatic rings. The molecule has 3 heteroatoms. The summed E-state index contributed by atoms with van der Waals surface area (Å²) >= 11 is 1.87. The Morgan fingerprint density at radius 3 is 2.02 bits per heavy atom. The van der Waals surface area contributed by atoms with Crippen molar-refractivity contribution in [2.45, 2.75) is 5.41 Å². The minimum absolute atomic E-state index is 0.466. The molecule has 1 unspecified atom stereocenters. The molecule has 48 heavy (non-hydrogen) atoms. The summed E-state index contributed by atoms with van der Waals surface area (Å²) in [7, 11) is 0. The van der Waals surface area contributed by atoms with Gasteiger partial charge in [-0.2, -0.15) is 0 Å². The van der Waals surface area contributed by atoms with E-state index in [0.29, 0.717) is 0 Å². The largest absolute Gasteiger partial charge is 0.456 e. The number of hydrogen-bond acceptors (Lipinski definition) is 3. The maximum Gasteiger partial charge on any atom is 0.140 e. The molecule has 7 aromatic carbocycles. The van der Waals surface area contributed by atoms with E-state index in [0.717, 1.165) is 22.7 Å². The molecule has 0 saturated heterocycles. The Labute approximate surface area is 281 Å². The lowest BCUT2D eigenvalue weighted by atomic mass is 9.70. The van der Waals surface area contributed by atoms with Gasteiger partial charge in [-0.05, 0) is 70.3 Å². The number of hydrogen-bond donors (Lipinski definition) is 0. The SMILES string of the molecule is c1ccc(N(c2ccc3c(c2)-c2ccccc2C32c3ccccc3-c3oc4ccccc4c32)c2cccc3c2sc2ccccc23)cc1. The van der Waals surface area contributed by atoms with Crippen molar-refractivity contribution in [2.75, 3.05) is 4.90 Å². The van der Waals surface area contributed by atoms with E-state index in [2.05, 4.69) is 169 Å². The third-order valence-electron chi connectivity index (χ3n) is 10.5. The van der Waals surface area contributed by atoms with Gasteiger partial charge in [0.15, 0.2) is 0 Å². The van der Waals surface area contributed by atoms with Crippen LogP contribution in [0.5, 0.6) is 0 Å². The number of fused-ring (bicyclic) bond motifs is 15. The second kappa shape index (κ2) is 9.57. The Balaban J connectivity index is 1.21. The molecule has 1 spiro atoms. The van der Waals surface area contributed by atoms with Crippen LogP contribution < -0.4 is 4.90 Å². The molecule has 2 aromatic heterocycles. The Bertz CT molecular complexity index is 2750. The van der Waals surface area contributed by atoms with Gasteiger partial charge in [0.2, 0.25) is 0 Å². The van der Waals surface area contributed by atoms with Gasteiger partial charge in [-0.1, -0.05) is 121 Å². The fourth-order valence-corrected chi connectivity index (χ4v) is 9.84. The molecule has 2 heterocycles. The van der Waals surface area contributed by atoms with Crippen molar-refractivity contribution in [3.05, 3.63) is 186 Å². The average molecular weight is 630 g/mol. The molecule has 2 nitrogen and oxygen atoms in total. The molecule has 2 aliphatic rings. The maximum absolute atomic E-state index is 6.69. The zero-order chi connectivity index (χ0) is 31.4. The highest BCUT2D eigenvalue weighted by Crippen LogP contribution is 2.65. The fourth-order valence-electron chi connectivity index (χ4n) is 8.63. The molecule has 2 aliphatic carbocycles. The van der Waals surface area contributed by atoms with E-state index >= 15 is 0 Å². The zero-order valence-electron chi connectivity index (χ0n) is 25.9. The predicted octanol–water partition coefficient (Wildman–Crippen LogP) is 12.6. The number of thiophene rings is 1. The van der Waals surface area contributed by atoms with E-state index in [1.54, 1.807) is 0 Å². The summed E-state index contributed by atoms with van der Waals surface area (Å²) in [6, 6.07) is 59.7. The first-order chi connectivity index (χ1) is 23.8. The smallest absolute Gasteiger partial charge is 0.140 e. The molecule has 0 aliphatic heterocycles. The van der Waals surface area contributed by atoms with Crippen molar-refractivity contribution in [2.24, 2.45) is 0 Å². The van der Waals surface area contributed by atoms with Crippen LogP contribution in [0.4, 0.5) is 17.1 Å². The lowest BCUT2D eigenvalue weighted by Crippen LogP contribution is -2.25. The normalized spacial score (nSPS) is 15.6. The lowest BCUT2D eigenvalue weighted by molar-refractivity contribution is 0.628. The minimum Gasteiger partial charge on any atom is -0.456 e. The van der Waals surface area contributed by atoms with Gasteiger partial charge >= 0.3 is 0 Å². The van der Waals surface area contributed by atoms with Crippen LogP contribution in [0.1, 0.15) is 22.3 Å². The van der Waals surface area contributed by atoms with Crippen LogP contribution in [0, 0.1) is 0 Å². The van der Waals surface area contributed by atoms with Gasteiger partial charge in [0.25, 0.3) is 0 Å². The molecule has 0 fully saturated rings. The quantitative estimate of drug-likeness (QED) is 0.193. The van der Waals surface area contributed by atoms with Crippen molar-refractivity contribution >= 4 is 59.5 Å². The van der Waals surface area contributed by atoms with Crippen molar-refractivity contribution in [3.63, 3.8) is 0 Å². The number of furan rings is 1. The molecule has 11 rings (SSSR count). The second-order valence-corrected chi connectivity index (χ2v) is 13.8. The summed E-state index contributed by atoms with van der Waals surface area (Å²) in [5.41, 5.74) is 12.8. The third-order valence-corrected chi connectivity index (χ3v) is 11.7. The minimum atomic E-state index is -0.466. The number of nitrogens with zero attached hydrogens (tertiary/aromatic N) is 1. The van der Waals surface area contributed by atoms with Crippen LogP contribution in [0.15, 0.2) is 168 Å². The van der Waals surface area contributed by atoms with Gasteiger partial charge in [0.05, 0.1) is 15.8 Å². The van der Waals surface area contributed by atoms with Gasteiger partial charge in [0, 0.05) is 43.4 Å². The standard InChI is InChI=1S/C45H27NOS/c1-2-13-28(14-3-1)46(39-22-12-19-32-31-16-7-11-24-41(31)48-44(32)39)29-25-26-38-35(27-29)30-15-4-8-20-36(30)45(38)37-21-9-5-17-33(37)43-42(45)34-18-6-10-23-40(34)47-43/h1-27H. The Hall–Kier alpha value is -5.90. The summed E-state index contributed by atoms with van der Waals surface area (Å²) in [4.78, 5) is 2.44. The fraction of sp³-hybridized carbons (Fsp3) is 0.0222. The highest BCUT2D eigenvalue weighted by atomic mass is 32.1. The molecule has 0 amide bonds. The molecular weight excluding hydrogens is 603 g/mol. The van der Waals surface area contributed by atoms with Crippen LogP contribution in [0.2, 0.25) is 0 Å². The van der Waals surface area contributed by atoms with Crippen LogP contribution in [0.3, 0.4) is 0 Å². The number of para-hydroxylation sites is 2. The molecule has 0 bridgehead atoms. The van der Waals surface area contributed by atoms with Crippen molar-refractivity contribution in [3.8, 4) is 22.5 Å². The Kier molecular flexibility index (Phi) is 5.22. The van der Waals surface area contributed by atoms with Crippen molar-refractivity contribution in [1.29, 1.82) is 0 Å². The van der Waals surface area contributed by atoms with Gasteiger partial charge in [-0.15, -0.1) is 11.3 Å². The average Bonchev–Trinajstić information content (AvgIpc) is 3.87. The molecule has 224 valence electrons. The van der Waals surface area contributed by atoms with E-state index < -0.39 is 5.41 Å². The summed E-state index contributed by atoms with van der Waals surface area (Å²) in [5, 5.41) is 3.78. The first kappa shape index (κ1) is 26.2. The topological polar surface area (TPSA) is 16.4 Å². The number of benzene rings is 7. The third kappa shape index (κ3) is 3.26. The molecule has 0 radical (unpaired) electrons. The van der Waals surface area contributed by atoms with Crippen molar-refractivity contribution in [1.82, 2.24) is 0 Å². The maximum atomic E-state index is 6.69. The van der Waals surface area contributed by atoms with Gasteiger partial charge in [0.1, 0.15) is 11.3 Å². The predicted molar refractivity (Wildman–Crippen MR) is 200 cm³/mol. The van der Waals surface area contributed by atoms with Crippen LogP contribution >= 0.6 is 11.3 Å². The zero-order valence-corrected chi connectivity index (χ0v) is 26.7. The summed E-state index contributed by atoms with van der Waals surface area (Å²) < 4.78 is 9.29. The summed E-state index contributed by atoms with van der Waals surface area (Å²) in [6.45, 7) is 0. The van der Waals surface area contributed by atoms with E-state index in [9.17, 15) is 0 Å². The Morgan fingerprint density at radius 2 is 1.15 bits per heavy atom. The van der Waals surface area contributed by atoms with Crippen molar-refractivity contribution < 1.29 is 4.42 Å². The highest BCUT2D eigenvalue weighted by molar-refractivity contribution is 7.26. The lowest BCUT2D eigenvalue weighted by Gasteiger charge is -2.30. The van der Waals surface area contributed by atoms with E-state index in [4.69, 9.17) is 4.42 Å². The first-order valence-corrected chi connectivity index (χ1v) is 17.3. The molecular formula is C45H27NOS. The second-order valence-electron chi connectivity index (χ2n) is 12.8. The van der Waals surface area contributed by atoms with Gasteiger partial charge < -0.3 is 9.32 Å². The molecule has 1 atom stereocenters. The molecule has 0 N–H and O–H groups in total. The van der Waals surface area contributed by atoms with Crippen LogP contribution in [-0.2, 0) is 5.41 Å². The number of rotatable bonds is 3.